The normalized spacial score (nSPS) is 12.5. The van der Waals surface area contributed by atoms with Crippen LogP contribution in [-0.2, 0) is 27.4 Å². The summed E-state index contributed by atoms with van der Waals surface area (Å²) in [6.45, 7) is 0. The van der Waals surface area contributed by atoms with Crippen LogP contribution in [0.1, 0.15) is 17.6 Å². The van der Waals surface area contributed by atoms with Gasteiger partial charge in [0.15, 0.2) is 21.5 Å². The third-order valence-corrected chi connectivity index (χ3v) is 7.15. The number of ether oxygens (including phenoxy) is 3. The predicted molar refractivity (Wildman–Crippen MR) is 133 cm³/mol. The first-order chi connectivity index (χ1) is 17.3. The van der Waals surface area contributed by atoms with Crippen LogP contribution in [0.25, 0.3) is 17.2 Å². The monoisotopic (exact) mass is 532 g/mol. The Labute approximate surface area is 213 Å². The van der Waals surface area contributed by atoms with E-state index in [0.717, 1.165) is 0 Å². The Morgan fingerprint density at radius 1 is 1.03 bits per heavy atom. The first kappa shape index (κ1) is 25.6. The highest BCUT2D eigenvalue weighted by molar-refractivity contribution is 7.90. The zero-order valence-electron chi connectivity index (χ0n) is 20.1. The average Bonchev–Trinajstić information content (AvgIpc) is 3.47. The zero-order valence-corrected chi connectivity index (χ0v) is 21.7. The number of para-hydroxylation sites is 1. The number of aromatic nitrogens is 6. The molecule has 0 aliphatic carbocycles. The van der Waals surface area contributed by atoms with Crippen molar-refractivity contribution in [3.05, 3.63) is 65.3 Å². The molecule has 0 saturated heterocycles. The predicted octanol–water partition coefficient (Wildman–Crippen LogP) is 3.04. The molecule has 0 saturated carbocycles. The topological polar surface area (TPSA) is 123 Å². The minimum Gasteiger partial charge on any atom is -0.494 e. The molecule has 0 bridgehead atoms. The van der Waals surface area contributed by atoms with Gasteiger partial charge in [-0.3, -0.25) is 14.2 Å². The molecule has 0 radical (unpaired) electrons. The molecule has 3 aromatic heterocycles. The van der Waals surface area contributed by atoms with E-state index in [1.807, 2.05) is 0 Å². The maximum atomic E-state index is 13.4. The van der Waals surface area contributed by atoms with Crippen LogP contribution in [0.2, 0.25) is 5.02 Å². The third-order valence-electron chi connectivity index (χ3n) is 5.42. The second kappa shape index (κ2) is 10.6. The number of sulfone groups is 1. The molecule has 0 fully saturated rings. The van der Waals surface area contributed by atoms with Gasteiger partial charge < -0.3 is 14.2 Å². The molecule has 36 heavy (non-hydrogen) atoms. The van der Waals surface area contributed by atoms with Crippen LogP contribution in [0.4, 0.5) is 0 Å². The van der Waals surface area contributed by atoms with Crippen molar-refractivity contribution in [3.8, 4) is 28.7 Å². The number of hydrogen-bond donors (Lipinski definition) is 0. The summed E-state index contributed by atoms with van der Waals surface area (Å²) in [5, 5.41) is 13.4. The maximum Gasteiger partial charge on any atom is 0.189 e. The molecule has 0 unspecified atom stereocenters. The van der Waals surface area contributed by atoms with Crippen molar-refractivity contribution in [1.82, 2.24) is 29.5 Å². The standard InChI is InChI=1S/C23H25ClN6O5S/c1-29-11-10-17(28-29)23-27-26-21(30(23)22-18(33-2)6-5-7-19(22)34-3)14-36(31,32)13-20(35-4)16-9-8-15(24)12-25-16/h5-12,20H,13-14H2,1-4H3/t20-/m0/s1. The number of methoxy groups -OCH3 is 3. The summed E-state index contributed by atoms with van der Waals surface area (Å²) in [5.41, 5.74) is 1.41. The fraction of sp³-hybridized carbons (Fsp3) is 0.304. The molecule has 13 heteroatoms. The number of aryl methyl sites for hydroxylation is 1. The van der Waals surface area contributed by atoms with Crippen molar-refractivity contribution in [2.24, 2.45) is 7.05 Å². The van der Waals surface area contributed by atoms with Crippen molar-refractivity contribution >= 4 is 21.4 Å². The smallest absolute Gasteiger partial charge is 0.189 e. The van der Waals surface area contributed by atoms with Crippen molar-refractivity contribution in [2.75, 3.05) is 27.1 Å². The van der Waals surface area contributed by atoms with Crippen molar-refractivity contribution in [2.45, 2.75) is 11.9 Å². The minimum atomic E-state index is -3.77. The fourth-order valence-electron chi connectivity index (χ4n) is 3.74. The van der Waals surface area contributed by atoms with Crippen LogP contribution in [0.15, 0.2) is 48.8 Å². The SMILES string of the molecule is COc1cccc(OC)c1-n1c(CS(=O)(=O)C[C@H](OC)c2ccc(Cl)cn2)nnc1-c1ccn(C)n1. The van der Waals surface area contributed by atoms with E-state index in [9.17, 15) is 8.42 Å². The lowest BCUT2D eigenvalue weighted by Gasteiger charge is -2.18. The van der Waals surface area contributed by atoms with Crippen LogP contribution in [0.3, 0.4) is 0 Å². The Morgan fingerprint density at radius 3 is 2.31 bits per heavy atom. The second-order valence-electron chi connectivity index (χ2n) is 7.84. The highest BCUT2D eigenvalue weighted by Crippen LogP contribution is 2.36. The second-order valence-corrected chi connectivity index (χ2v) is 10.4. The van der Waals surface area contributed by atoms with Gasteiger partial charge in [0.05, 0.1) is 30.7 Å². The fourth-order valence-corrected chi connectivity index (χ4v) is 5.31. The van der Waals surface area contributed by atoms with Gasteiger partial charge in [-0.05, 0) is 30.3 Å². The van der Waals surface area contributed by atoms with Crippen molar-refractivity contribution in [1.29, 1.82) is 0 Å². The average molecular weight is 533 g/mol. The Hall–Kier alpha value is -3.48. The van der Waals surface area contributed by atoms with Crippen LogP contribution in [0, 0.1) is 0 Å². The van der Waals surface area contributed by atoms with Gasteiger partial charge in [-0.15, -0.1) is 10.2 Å². The molecular weight excluding hydrogens is 508 g/mol. The summed E-state index contributed by atoms with van der Waals surface area (Å²) >= 11 is 5.91. The molecule has 0 N–H and O–H groups in total. The summed E-state index contributed by atoms with van der Waals surface area (Å²) in [6, 6.07) is 10.3. The van der Waals surface area contributed by atoms with Gasteiger partial charge in [0, 0.05) is 26.6 Å². The molecular formula is C23H25ClN6O5S. The zero-order chi connectivity index (χ0) is 25.9. The highest BCUT2D eigenvalue weighted by atomic mass is 35.5. The number of rotatable bonds is 10. The van der Waals surface area contributed by atoms with Crippen LogP contribution in [0.5, 0.6) is 11.5 Å². The molecule has 11 nitrogen and oxygen atoms in total. The van der Waals surface area contributed by atoms with E-state index in [-0.39, 0.29) is 11.6 Å². The van der Waals surface area contributed by atoms with E-state index in [0.29, 0.717) is 39.4 Å². The molecule has 190 valence electrons. The number of hydrogen-bond acceptors (Lipinski definition) is 9. The Bertz CT molecular complexity index is 1430. The Morgan fingerprint density at radius 2 is 1.75 bits per heavy atom. The van der Waals surface area contributed by atoms with E-state index in [1.165, 1.54) is 27.5 Å². The summed E-state index contributed by atoms with van der Waals surface area (Å²) < 4.78 is 46.5. The first-order valence-corrected chi connectivity index (χ1v) is 13.0. The van der Waals surface area contributed by atoms with E-state index < -0.39 is 21.7 Å². The lowest BCUT2D eigenvalue weighted by molar-refractivity contribution is 0.118. The van der Waals surface area contributed by atoms with Gasteiger partial charge in [0.1, 0.15) is 34.7 Å². The van der Waals surface area contributed by atoms with E-state index in [1.54, 1.807) is 58.9 Å². The molecule has 4 rings (SSSR count). The molecule has 0 amide bonds. The largest absolute Gasteiger partial charge is 0.494 e. The van der Waals surface area contributed by atoms with Gasteiger partial charge in [-0.2, -0.15) is 5.10 Å². The lowest BCUT2D eigenvalue weighted by atomic mass is 10.2. The van der Waals surface area contributed by atoms with Gasteiger partial charge in [0.2, 0.25) is 0 Å². The quantitative estimate of drug-likeness (QED) is 0.303. The molecule has 1 atom stereocenters. The Kier molecular flexibility index (Phi) is 7.57. The van der Waals surface area contributed by atoms with Gasteiger partial charge >= 0.3 is 0 Å². The summed E-state index contributed by atoms with van der Waals surface area (Å²) in [7, 11) is 2.47. The van der Waals surface area contributed by atoms with Crippen LogP contribution < -0.4 is 9.47 Å². The highest BCUT2D eigenvalue weighted by Gasteiger charge is 2.29. The van der Waals surface area contributed by atoms with Gasteiger partial charge in [-0.1, -0.05) is 17.7 Å². The number of halogens is 1. The van der Waals surface area contributed by atoms with Crippen molar-refractivity contribution < 1.29 is 22.6 Å². The molecule has 4 aromatic rings. The van der Waals surface area contributed by atoms with E-state index in [4.69, 9.17) is 25.8 Å². The van der Waals surface area contributed by atoms with E-state index >= 15 is 0 Å². The number of pyridine rings is 1. The minimum absolute atomic E-state index is 0.164. The van der Waals surface area contributed by atoms with E-state index in [2.05, 4.69) is 20.3 Å². The molecule has 3 heterocycles. The number of benzene rings is 1. The summed E-state index contributed by atoms with van der Waals surface area (Å²) in [6.07, 6.45) is 2.41. The molecule has 0 aliphatic heterocycles. The van der Waals surface area contributed by atoms with Gasteiger partial charge in [-0.25, -0.2) is 8.42 Å². The summed E-state index contributed by atoms with van der Waals surface area (Å²) in [4.78, 5) is 4.20. The first-order valence-electron chi connectivity index (χ1n) is 10.8. The Balaban J connectivity index is 1.78. The molecule has 0 aliphatic rings. The summed E-state index contributed by atoms with van der Waals surface area (Å²) in [5.74, 6) is 0.646. The lowest BCUT2D eigenvalue weighted by Crippen LogP contribution is -2.20. The molecule has 1 aromatic carbocycles. The van der Waals surface area contributed by atoms with Crippen LogP contribution in [-0.4, -0.2) is 65.0 Å². The van der Waals surface area contributed by atoms with Gasteiger partial charge in [0.25, 0.3) is 0 Å². The maximum absolute atomic E-state index is 13.4. The van der Waals surface area contributed by atoms with Crippen molar-refractivity contribution in [3.63, 3.8) is 0 Å². The molecule has 0 spiro atoms. The third kappa shape index (κ3) is 5.35. The number of nitrogens with zero attached hydrogens (tertiary/aromatic N) is 6. The van der Waals surface area contributed by atoms with Crippen LogP contribution >= 0.6 is 11.6 Å².